The lowest BCUT2D eigenvalue weighted by Gasteiger charge is -2.29. The van der Waals surface area contributed by atoms with E-state index in [1.807, 2.05) is 6.20 Å². The number of nitrogens with one attached hydrogen (secondary N) is 1. The maximum absolute atomic E-state index is 12.0. The van der Waals surface area contributed by atoms with Crippen molar-refractivity contribution >= 4 is 17.7 Å². The van der Waals surface area contributed by atoms with Crippen LogP contribution in [0.5, 0.6) is 0 Å². The first kappa shape index (κ1) is 17.0. The number of amides is 1. The molecule has 1 aliphatic carbocycles. The number of nitrogens with zero attached hydrogens (tertiary/aromatic N) is 4. The number of hydrogen-bond donors (Lipinski definition) is 1. The first-order valence-electron chi connectivity index (χ1n) is 8.27. The zero-order valence-electron chi connectivity index (χ0n) is 14.1. The summed E-state index contributed by atoms with van der Waals surface area (Å²) in [5.41, 5.74) is 1.19. The predicted octanol–water partition coefficient (Wildman–Crippen LogP) is 2.42. The molecule has 1 aliphatic rings. The second-order valence-electron chi connectivity index (χ2n) is 6.30. The molecule has 0 aromatic carbocycles. The maximum Gasteiger partial charge on any atom is 0.236 e. The molecule has 2 heterocycles. The molecular formula is C16H23N5O2S. The van der Waals surface area contributed by atoms with Crippen molar-refractivity contribution in [3.63, 3.8) is 0 Å². The molecule has 0 spiro atoms. The monoisotopic (exact) mass is 349 g/mol. The molecule has 1 N–H and O–H groups in total. The van der Waals surface area contributed by atoms with Gasteiger partial charge in [0, 0.05) is 12.2 Å². The van der Waals surface area contributed by atoms with E-state index < -0.39 is 0 Å². The summed E-state index contributed by atoms with van der Waals surface area (Å²) in [6, 6.07) is 0.735. The minimum atomic E-state index is 0.0784. The highest BCUT2D eigenvalue weighted by Crippen LogP contribution is 2.28. The summed E-state index contributed by atoms with van der Waals surface area (Å²) >= 11 is 1.49. The predicted molar refractivity (Wildman–Crippen MR) is 91.6 cm³/mol. The summed E-state index contributed by atoms with van der Waals surface area (Å²) in [7, 11) is 0. The summed E-state index contributed by atoms with van der Waals surface area (Å²) in [6.07, 6.45) is 8.11. The van der Waals surface area contributed by atoms with Crippen LogP contribution < -0.4 is 5.32 Å². The maximum atomic E-state index is 12.0. The van der Waals surface area contributed by atoms with Crippen molar-refractivity contribution < 1.29 is 9.32 Å². The van der Waals surface area contributed by atoms with Crippen LogP contribution in [0.25, 0.3) is 0 Å². The Bertz CT molecular complexity index is 676. The average molecular weight is 349 g/mol. The normalized spacial score (nSPS) is 20.9. The van der Waals surface area contributed by atoms with Crippen molar-refractivity contribution in [3.8, 4) is 0 Å². The van der Waals surface area contributed by atoms with Crippen molar-refractivity contribution in [1.29, 1.82) is 0 Å². The number of carbonyl (C=O) groups excluding carboxylic acids is 1. The van der Waals surface area contributed by atoms with Crippen LogP contribution in [0.1, 0.15) is 49.0 Å². The Kier molecular flexibility index (Phi) is 5.55. The number of hydrogen-bond acceptors (Lipinski definition) is 6. The van der Waals surface area contributed by atoms with Gasteiger partial charge in [0.2, 0.25) is 11.8 Å². The Hall–Kier alpha value is -1.83. The smallest absolute Gasteiger partial charge is 0.236 e. The van der Waals surface area contributed by atoms with Gasteiger partial charge in [-0.2, -0.15) is 10.1 Å². The summed E-state index contributed by atoms with van der Waals surface area (Å²) in [5, 5.41) is 11.3. The Balaban J connectivity index is 1.35. The third-order valence-electron chi connectivity index (χ3n) is 4.19. The van der Waals surface area contributed by atoms with Crippen LogP contribution in [0.2, 0.25) is 0 Å². The minimum Gasteiger partial charge on any atom is -0.353 e. The van der Waals surface area contributed by atoms with Gasteiger partial charge in [-0.3, -0.25) is 9.48 Å². The molecule has 0 bridgehead atoms. The molecule has 2 aromatic heterocycles. The number of carbonyl (C=O) groups is 1. The Morgan fingerprint density at radius 1 is 1.38 bits per heavy atom. The Morgan fingerprint density at radius 3 is 2.79 bits per heavy atom. The van der Waals surface area contributed by atoms with E-state index in [9.17, 15) is 4.79 Å². The molecule has 3 rings (SSSR count). The fourth-order valence-electron chi connectivity index (χ4n) is 3.02. The van der Waals surface area contributed by atoms with Gasteiger partial charge in [-0.15, -0.1) is 11.8 Å². The zero-order chi connectivity index (χ0) is 16.9. The van der Waals surface area contributed by atoms with E-state index >= 15 is 0 Å². The Morgan fingerprint density at radius 2 is 2.17 bits per heavy atom. The number of aromatic nitrogens is 4. The molecule has 1 saturated carbocycles. The topological polar surface area (TPSA) is 85.8 Å². The third kappa shape index (κ3) is 4.59. The summed E-state index contributed by atoms with van der Waals surface area (Å²) < 4.78 is 7.09. The molecule has 24 heavy (non-hydrogen) atoms. The quantitative estimate of drug-likeness (QED) is 0.862. The molecule has 7 nitrogen and oxygen atoms in total. The van der Waals surface area contributed by atoms with Gasteiger partial charge in [0.05, 0.1) is 23.7 Å². The highest BCUT2D eigenvalue weighted by atomic mass is 32.2. The largest absolute Gasteiger partial charge is 0.353 e. The molecular weight excluding hydrogens is 326 g/mol. The van der Waals surface area contributed by atoms with Gasteiger partial charge in [0.25, 0.3) is 0 Å². The number of rotatable bonds is 6. The summed E-state index contributed by atoms with van der Waals surface area (Å²) in [5.74, 6) is 2.26. The molecule has 0 aliphatic heterocycles. The molecule has 1 amide bonds. The second kappa shape index (κ2) is 7.83. The lowest BCUT2D eigenvalue weighted by molar-refractivity contribution is -0.119. The molecule has 2 aromatic rings. The van der Waals surface area contributed by atoms with E-state index in [-0.39, 0.29) is 11.9 Å². The van der Waals surface area contributed by atoms with Crippen molar-refractivity contribution in [1.82, 2.24) is 25.2 Å². The molecule has 1 fully saturated rings. The van der Waals surface area contributed by atoms with Crippen LogP contribution in [-0.2, 0) is 10.5 Å². The molecule has 0 atom stereocenters. The first-order chi connectivity index (χ1) is 11.6. The molecule has 0 radical (unpaired) electrons. The Labute approximate surface area is 145 Å². The molecule has 0 unspecified atom stereocenters. The zero-order valence-corrected chi connectivity index (χ0v) is 14.9. The highest BCUT2D eigenvalue weighted by molar-refractivity contribution is 7.99. The van der Waals surface area contributed by atoms with Crippen LogP contribution in [-0.4, -0.2) is 37.6 Å². The van der Waals surface area contributed by atoms with Crippen LogP contribution in [0.15, 0.2) is 16.9 Å². The van der Waals surface area contributed by atoms with Gasteiger partial charge in [-0.1, -0.05) is 5.16 Å². The van der Waals surface area contributed by atoms with Gasteiger partial charge >= 0.3 is 0 Å². The van der Waals surface area contributed by atoms with Crippen LogP contribution >= 0.6 is 11.8 Å². The summed E-state index contributed by atoms with van der Waals surface area (Å²) in [4.78, 5) is 16.2. The standard InChI is InChI=1S/C16H23N5O2S/c1-11-7-17-21(8-11)14-5-3-13(4-6-14)19-15(22)9-24-10-16-18-12(2)20-23-16/h7-8,13-14H,3-6,9-10H2,1-2H3,(H,19,22). The minimum absolute atomic E-state index is 0.0784. The van der Waals surface area contributed by atoms with Gasteiger partial charge in [-0.25, -0.2) is 0 Å². The van der Waals surface area contributed by atoms with Crippen molar-refractivity contribution in [2.75, 3.05) is 5.75 Å². The van der Waals surface area contributed by atoms with Crippen molar-refractivity contribution in [2.45, 2.75) is 57.4 Å². The lowest BCUT2D eigenvalue weighted by Crippen LogP contribution is -2.39. The van der Waals surface area contributed by atoms with Gasteiger partial charge in [0.15, 0.2) is 5.82 Å². The first-order valence-corrected chi connectivity index (χ1v) is 9.42. The van der Waals surface area contributed by atoms with Crippen molar-refractivity contribution in [2.24, 2.45) is 0 Å². The van der Waals surface area contributed by atoms with Crippen LogP contribution in [0, 0.1) is 13.8 Å². The third-order valence-corrected chi connectivity index (χ3v) is 5.11. The fraction of sp³-hybridized carbons (Fsp3) is 0.625. The average Bonchev–Trinajstić information content (AvgIpc) is 3.17. The lowest BCUT2D eigenvalue weighted by atomic mass is 9.91. The summed E-state index contributed by atoms with van der Waals surface area (Å²) in [6.45, 7) is 3.84. The molecule has 130 valence electrons. The highest BCUT2D eigenvalue weighted by Gasteiger charge is 2.23. The number of thioether (sulfide) groups is 1. The van der Waals surface area contributed by atoms with Crippen LogP contribution in [0.4, 0.5) is 0 Å². The molecule has 8 heteroatoms. The van der Waals surface area contributed by atoms with Crippen LogP contribution in [0.3, 0.4) is 0 Å². The van der Waals surface area contributed by atoms with E-state index in [1.54, 1.807) is 6.92 Å². The van der Waals surface area contributed by atoms with Crippen molar-refractivity contribution in [3.05, 3.63) is 29.7 Å². The second-order valence-corrected chi connectivity index (χ2v) is 7.28. The van der Waals surface area contributed by atoms with E-state index in [4.69, 9.17) is 4.52 Å². The van der Waals surface area contributed by atoms with E-state index in [0.717, 1.165) is 25.7 Å². The fourth-order valence-corrected chi connectivity index (χ4v) is 3.68. The SMILES string of the molecule is Cc1cnn(C2CCC(NC(=O)CSCc3nc(C)no3)CC2)c1. The molecule has 0 saturated heterocycles. The van der Waals surface area contributed by atoms with E-state index in [2.05, 4.69) is 38.4 Å². The van der Waals surface area contributed by atoms with E-state index in [1.165, 1.54) is 17.3 Å². The van der Waals surface area contributed by atoms with E-state index in [0.29, 0.717) is 29.3 Å². The number of aryl methyl sites for hydroxylation is 2. The van der Waals surface area contributed by atoms with Gasteiger partial charge in [0.1, 0.15) is 0 Å². The van der Waals surface area contributed by atoms with Gasteiger partial charge in [-0.05, 0) is 45.1 Å². The van der Waals surface area contributed by atoms with Gasteiger partial charge < -0.3 is 9.84 Å².